The summed E-state index contributed by atoms with van der Waals surface area (Å²) in [7, 11) is -3.60. The molecular formula is C16H26N2O3Si2. The zero-order valence-corrected chi connectivity index (χ0v) is 17.1. The van der Waals surface area contributed by atoms with Crippen molar-refractivity contribution in [2.24, 2.45) is 5.16 Å². The van der Waals surface area contributed by atoms with E-state index in [-0.39, 0.29) is 5.91 Å². The minimum Gasteiger partial charge on any atom is -0.544 e. The van der Waals surface area contributed by atoms with Crippen LogP contribution in [0.25, 0.3) is 0 Å². The van der Waals surface area contributed by atoms with Crippen LogP contribution in [0.2, 0.25) is 39.3 Å². The van der Waals surface area contributed by atoms with Gasteiger partial charge < -0.3 is 13.8 Å². The molecule has 0 atom stereocenters. The molecule has 7 heteroatoms. The average molecular weight is 351 g/mol. The van der Waals surface area contributed by atoms with E-state index in [1.54, 1.807) is 0 Å². The molecule has 0 unspecified atom stereocenters. The van der Waals surface area contributed by atoms with E-state index in [2.05, 4.69) is 44.4 Å². The Morgan fingerprint density at radius 1 is 1.13 bits per heavy atom. The van der Waals surface area contributed by atoms with Crippen molar-refractivity contribution in [1.82, 2.24) is 0 Å². The Morgan fingerprint density at radius 2 is 1.78 bits per heavy atom. The van der Waals surface area contributed by atoms with Crippen molar-refractivity contribution in [3.05, 3.63) is 23.8 Å². The number of fused-ring (bicyclic) bond motifs is 1. The van der Waals surface area contributed by atoms with Crippen molar-refractivity contribution >= 4 is 33.9 Å². The summed E-state index contributed by atoms with van der Waals surface area (Å²) in [5, 5.41) is 4.05. The highest BCUT2D eigenvalue weighted by Gasteiger charge is 2.42. The fourth-order valence-corrected chi connectivity index (χ4v) is 4.98. The number of rotatable bonds is 5. The topological polar surface area (TPSA) is 51.1 Å². The molecule has 23 heavy (non-hydrogen) atoms. The first kappa shape index (κ1) is 17.7. The Kier molecular flexibility index (Phi) is 4.72. The molecule has 2 rings (SSSR count). The summed E-state index contributed by atoms with van der Waals surface area (Å²) in [6, 6.07) is 5.80. The van der Waals surface area contributed by atoms with Gasteiger partial charge in [0.15, 0.2) is 13.9 Å². The van der Waals surface area contributed by atoms with Crippen LogP contribution in [-0.4, -0.2) is 34.8 Å². The van der Waals surface area contributed by atoms with Crippen LogP contribution in [0, 0.1) is 0 Å². The highest BCUT2D eigenvalue weighted by Crippen LogP contribution is 2.37. The first-order chi connectivity index (χ1) is 10.5. The summed E-state index contributed by atoms with van der Waals surface area (Å²) in [6.45, 7) is 15.2. The third kappa shape index (κ3) is 3.84. The Balaban J connectivity index is 2.53. The number of carbonyl (C=O) groups excluding carboxylic acids is 1. The van der Waals surface area contributed by atoms with E-state index in [0.29, 0.717) is 12.3 Å². The van der Waals surface area contributed by atoms with E-state index >= 15 is 0 Å². The lowest BCUT2D eigenvalue weighted by molar-refractivity contribution is -0.111. The van der Waals surface area contributed by atoms with Crippen molar-refractivity contribution in [3.8, 4) is 5.75 Å². The van der Waals surface area contributed by atoms with Gasteiger partial charge in [-0.1, -0.05) is 24.8 Å². The number of anilines is 1. The summed E-state index contributed by atoms with van der Waals surface area (Å²) in [6.07, 6.45) is 0. The van der Waals surface area contributed by atoms with Gasteiger partial charge in [0.2, 0.25) is 8.32 Å². The maximum absolute atomic E-state index is 12.8. The van der Waals surface area contributed by atoms with Gasteiger partial charge in [-0.25, -0.2) is 0 Å². The summed E-state index contributed by atoms with van der Waals surface area (Å²) >= 11 is 0. The third-order valence-corrected chi connectivity index (χ3v) is 5.88. The Morgan fingerprint density at radius 3 is 2.30 bits per heavy atom. The Hall–Kier alpha value is -1.61. The smallest absolute Gasteiger partial charge is 0.273 e. The minimum absolute atomic E-state index is 0.0715. The average Bonchev–Trinajstić information content (AvgIpc) is 2.65. The fraction of sp³-hybridized carbons (Fsp3) is 0.500. The second kappa shape index (κ2) is 6.12. The summed E-state index contributed by atoms with van der Waals surface area (Å²) in [4.78, 5) is 18.0. The van der Waals surface area contributed by atoms with Gasteiger partial charge in [-0.15, -0.1) is 0 Å². The van der Waals surface area contributed by atoms with Gasteiger partial charge in [0.1, 0.15) is 12.4 Å². The molecule has 0 aromatic heterocycles. The van der Waals surface area contributed by atoms with Crippen LogP contribution in [0.1, 0.15) is 12.5 Å². The number of benzene rings is 1. The highest BCUT2D eigenvalue weighted by atomic mass is 28.4. The molecule has 0 aliphatic carbocycles. The van der Waals surface area contributed by atoms with E-state index in [1.165, 1.54) is 0 Å². The molecule has 0 saturated heterocycles. The largest absolute Gasteiger partial charge is 0.544 e. The quantitative estimate of drug-likeness (QED) is 0.599. The number of hydrogen-bond acceptors (Lipinski definition) is 4. The van der Waals surface area contributed by atoms with Gasteiger partial charge in [0.05, 0.1) is 0 Å². The predicted octanol–water partition coefficient (Wildman–Crippen LogP) is 3.82. The molecular weight excluding hydrogens is 324 g/mol. The van der Waals surface area contributed by atoms with Crippen LogP contribution in [-0.2, 0) is 9.63 Å². The monoisotopic (exact) mass is 350 g/mol. The molecule has 1 aromatic carbocycles. The molecule has 1 aliphatic rings. The molecule has 1 aliphatic heterocycles. The van der Waals surface area contributed by atoms with E-state index in [4.69, 9.17) is 9.26 Å². The maximum Gasteiger partial charge on any atom is 0.273 e. The van der Waals surface area contributed by atoms with E-state index < -0.39 is 16.6 Å². The molecule has 0 spiro atoms. The van der Waals surface area contributed by atoms with Gasteiger partial charge in [0, 0.05) is 17.3 Å². The lowest BCUT2D eigenvalue weighted by Gasteiger charge is -2.30. The summed E-state index contributed by atoms with van der Waals surface area (Å²) in [5.41, 5.74) is 2.11. The molecule has 1 amide bonds. The van der Waals surface area contributed by atoms with Crippen LogP contribution < -0.4 is 8.99 Å². The first-order valence-corrected chi connectivity index (χ1v) is 14.8. The third-order valence-electron chi connectivity index (χ3n) is 3.25. The van der Waals surface area contributed by atoms with Gasteiger partial charge in [-0.2, -0.15) is 0 Å². The van der Waals surface area contributed by atoms with Crippen LogP contribution in [0.4, 0.5) is 5.69 Å². The zero-order valence-electron chi connectivity index (χ0n) is 15.1. The molecule has 0 bridgehead atoms. The highest BCUT2D eigenvalue weighted by molar-refractivity contribution is 6.87. The fourth-order valence-electron chi connectivity index (χ4n) is 2.53. The number of amides is 1. The second-order valence-corrected chi connectivity index (χ2v) is 16.8. The molecule has 0 saturated carbocycles. The molecule has 0 N–H and O–H groups in total. The van der Waals surface area contributed by atoms with Gasteiger partial charge in [-0.05, 0) is 38.7 Å². The van der Waals surface area contributed by atoms with Crippen molar-refractivity contribution < 1.29 is 14.1 Å². The van der Waals surface area contributed by atoms with Crippen LogP contribution in [0.15, 0.2) is 23.4 Å². The van der Waals surface area contributed by atoms with Crippen molar-refractivity contribution in [1.29, 1.82) is 0 Å². The summed E-state index contributed by atoms with van der Waals surface area (Å²) in [5.74, 6) is 0.745. The first-order valence-electron chi connectivity index (χ1n) is 7.92. The molecule has 1 aromatic rings. The van der Waals surface area contributed by atoms with Crippen LogP contribution >= 0.6 is 0 Å². The Labute approximate surface area is 140 Å². The van der Waals surface area contributed by atoms with E-state index in [9.17, 15) is 4.79 Å². The molecule has 0 radical (unpaired) electrons. The van der Waals surface area contributed by atoms with Crippen LogP contribution in [0.3, 0.4) is 0 Å². The van der Waals surface area contributed by atoms with E-state index in [1.807, 2.05) is 29.7 Å². The number of nitrogens with zero attached hydrogens (tertiary/aromatic N) is 2. The summed E-state index contributed by atoms with van der Waals surface area (Å²) < 4.78 is 7.98. The van der Waals surface area contributed by atoms with Crippen LogP contribution in [0.5, 0.6) is 5.75 Å². The minimum atomic E-state index is -1.90. The van der Waals surface area contributed by atoms with Gasteiger partial charge in [-0.3, -0.25) is 4.79 Å². The van der Waals surface area contributed by atoms with E-state index in [0.717, 1.165) is 17.0 Å². The zero-order chi connectivity index (χ0) is 17.4. The molecule has 1 heterocycles. The lowest BCUT2D eigenvalue weighted by atomic mass is 10.1. The second-order valence-electron chi connectivity index (χ2n) is 7.56. The maximum atomic E-state index is 12.8. The lowest BCUT2D eigenvalue weighted by Crippen LogP contribution is -2.49. The standard InChI is InChI=1S/C16H26N2O3Si2/c1-8-20-17-15-13-10-9-12(21-23(5,6)7)11-14(13)18(16(15)19)22(2,3)4/h9-11H,8H2,1-7H3/b17-15-. The van der Waals surface area contributed by atoms with Gasteiger partial charge in [0.25, 0.3) is 5.91 Å². The molecule has 126 valence electrons. The SMILES string of the molecule is CCO/N=C1\C(=O)N([Si](C)(C)C)c2cc(O[Si](C)(C)C)ccc21. The number of oxime groups is 1. The molecule has 5 nitrogen and oxygen atoms in total. The Bertz CT molecular complexity index is 646. The van der Waals surface area contributed by atoms with Crippen molar-refractivity contribution in [2.45, 2.75) is 46.2 Å². The number of hydrogen-bond donors (Lipinski definition) is 0. The molecule has 0 fully saturated rings. The predicted molar refractivity (Wildman–Crippen MR) is 99.4 cm³/mol. The normalized spacial score (nSPS) is 16.7. The number of carbonyl (C=O) groups is 1. The van der Waals surface area contributed by atoms with Crippen molar-refractivity contribution in [3.63, 3.8) is 0 Å². The van der Waals surface area contributed by atoms with Gasteiger partial charge >= 0.3 is 0 Å². The van der Waals surface area contributed by atoms with Crippen molar-refractivity contribution in [2.75, 3.05) is 11.2 Å².